The summed E-state index contributed by atoms with van der Waals surface area (Å²) in [6, 6.07) is 8.05. The van der Waals surface area contributed by atoms with E-state index in [0.717, 1.165) is 35.8 Å². The van der Waals surface area contributed by atoms with Crippen LogP contribution in [0, 0.1) is 6.92 Å². The van der Waals surface area contributed by atoms with Crippen LogP contribution in [0.1, 0.15) is 45.5 Å². The van der Waals surface area contributed by atoms with E-state index < -0.39 is 5.60 Å². The van der Waals surface area contributed by atoms with Crippen molar-refractivity contribution in [3.05, 3.63) is 30.1 Å². The molecule has 1 aromatic carbocycles. The maximum atomic E-state index is 12.3. The van der Waals surface area contributed by atoms with Crippen molar-refractivity contribution in [1.82, 2.24) is 19.7 Å². The van der Waals surface area contributed by atoms with Crippen molar-refractivity contribution in [1.29, 1.82) is 0 Å². The zero-order chi connectivity index (χ0) is 21.7. The largest absolute Gasteiger partial charge is 0.491 e. The van der Waals surface area contributed by atoms with Crippen molar-refractivity contribution in [3.63, 3.8) is 0 Å². The Morgan fingerprint density at radius 2 is 1.93 bits per heavy atom. The number of nitrogens with zero attached hydrogens (tertiary/aromatic N) is 4. The van der Waals surface area contributed by atoms with Gasteiger partial charge in [0.15, 0.2) is 5.82 Å². The monoisotopic (exact) mass is 416 g/mol. The van der Waals surface area contributed by atoms with Gasteiger partial charge in [-0.15, -0.1) is 0 Å². The van der Waals surface area contributed by atoms with Crippen molar-refractivity contribution in [2.24, 2.45) is 0 Å². The molecule has 2 aromatic rings. The van der Waals surface area contributed by atoms with Crippen LogP contribution in [-0.2, 0) is 9.47 Å². The quantitative estimate of drug-likeness (QED) is 0.666. The number of carbonyl (C=O) groups is 1. The standard InChI is InChI=1S/C22H32N4O4/c1-16-23-20(17-7-6-8-19(15-17)29-14-13-28-5)26(24-16)18-9-11-25(12-10-18)21(27)30-22(2,3)4/h6-8,15,18H,9-14H2,1-5H3. The van der Waals surface area contributed by atoms with Crippen LogP contribution in [0.5, 0.6) is 5.75 Å². The minimum Gasteiger partial charge on any atom is -0.491 e. The minimum atomic E-state index is -0.486. The Bertz CT molecular complexity index is 851. The first-order valence-electron chi connectivity index (χ1n) is 10.4. The fraction of sp³-hybridized carbons (Fsp3) is 0.591. The van der Waals surface area contributed by atoms with E-state index in [9.17, 15) is 4.79 Å². The number of carbonyl (C=O) groups excluding carboxylic acids is 1. The van der Waals surface area contributed by atoms with Crippen molar-refractivity contribution >= 4 is 6.09 Å². The summed E-state index contributed by atoms with van der Waals surface area (Å²) in [5, 5.41) is 4.66. The molecule has 0 atom stereocenters. The summed E-state index contributed by atoms with van der Waals surface area (Å²) in [6.07, 6.45) is 1.36. The molecule has 30 heavy (non-hydrogen) atoms. The van der Waals surface area contributed by atoms with E-state index in [1.165, 1.54) is 0 Å². The Morgan fingerprint density at radius 3 is 2.60 bits per heavy atom. The average Bonchev–Trinajstić information content (AvgIpc) is 3.09. The number of hydrogen-bond acceptors (Lipinski definition) is 6. The number of benzene rings is 1. The molecule has 1 saturated heterocycles. The Hall–Kier alpha value is -2.61. The van der Waals surface area contributed by atoms with Gasteiger partial charge in [-0.1, -0.05) is 12.1 Å². The summed E-state index contributed by atoms with van der Waals surface area (Å²) in [6.45, 7) is 9.86. The fourth-order valence-electron chi connectivity index (χ4n) is 3.47. The molecule has 0 radical (unpaired) electrons. The molecule has 8 heteroatoms. The highest BCUT2D eigenvalue weighted by molar-refractivity contribution is 5.68. The normalized spacial score (nSPS) is 15.3. The molecule has 1 aliphatic rings. The smallest absolute Gasteiger partial charge is 0.410 e. The third kappa shape index (κ3) is 5.72. The number of piperidine rings is 1. The van der Waals surface area contributed by atoms with Gasteiger partial charge in [-0.3, -0.25) is 0 Å². The SMILES string of the molecule is COCCOc1cccc(-c2nc(C)nn2C2CCN(C(=O)OC(C)(C)C)CC2)c1. The number of ether oxygens (including phenoxy) is 3. The average molecular weight is 417 g/mol. The van der Waals surface area contributed by atoms with Gasteiger partial charge in [0.05, 0.1) is 12.6 Å². The highest BCUT2D eigenvalue weighted by atomic mass is 16.6. The molecule has 0 spiro atoms. The van der Waals surface area contributed by atoms with Gasteiger partial charge >= 0.3 is 6.09 Å². The number of hydrogen-bond donors (Lipinski definition) is 0. The van der Waals surface area contributed by atoms with Gasteiger partial charge < -0.3 is 19.1 Å². The lowest BCUT2D eigenvalue weighted by atomic mass is 10.0. The van der Waals surface area contributed by atoms with E-state index in [1.807, 2.05) is 56.6 Å². The van der Waals surface area contributed by atoms with Gasteiger partial charge in [-0.2, -0.15) is 5.10 Å². The van der Waals surface area contributed by atoms with Crippen molar-refractivity contribution < 1.29 is 19.0 Å². The van der Waals surface area contributed by atoms with Crippen LogP contribution in [0.15, 0.2) is 24.3 Å². The summed E-state index contributed by atoms with van der Waals surface area (Å²) in [4.78, 5) is 18.8. The second kappa shape index (κ2) is 9.47. The zero-order valence-corrected chi connectivity index (χ0v) is 18.6. The number of aromatic nitrogens is 3. The molecule has 3 rings (SSSR count). The van der Waals surface area contributed by atoms with Crippen LogP contribution in [0.25, 0.3) is 11.4 Å². The van der Waals surface area contributed by atoms with Gasteiger partial charge in [-0.25, -0.2) is 14.5 Å². The third-order valence-corrected chi connectivity index (χ3v) is 4.85. The van der Waals surface area contributed by atoms with Crippen LogP contribution in [0.3, 0.4) is 0 Å². The molecule has 1 amide bonds. The molecule has 8 nitrogen and oxygen atoms in total. The maximum absolute atomic E-state index is 12.3. The van der Waals surface area contributed by atoms with Gasteiger partial charge in [0.1, 0.15) is 23.8 Å². The molecule has 1 aliphatic heterocycles. The molecule has 164 valence electrons. The molecule has 0 N–H and O–H groups in total. The summed E-state index contributed by atoms with van der Waals surface area (Å²) in [5.74, 6) is 2.32. The molecule has 0 bridgehead atoms. The molecule has 0 saturated carbocycles. The lowest BCUT2D eigenvalue weighted by Gasteiger charge is -2.33. The molecule has 0 unspecified atom stereocenters. The number of methoxy groups -OCH3 is 1. The topological polar surface area (TPSA) is 78.7 Å². The highest BCUT2D eigenvalue weighted by Crippen LogP contribution is 2.30. The molecule has 1 fully saturated rings. The van der Waals surface area contributed by atoms with Crippen LogP contribution in [-0.4, -0.2) is 64.8 Å². The fourth-order valence-corrected chi connectivity index (χ4v) is 3.47. The van der Waals surface area contributed by atoms with Gasteiger partial charge in [0.2, 0.25) is 0 Å². The second-order valence-electron chi connectivity index (χ2n) is 8.49. The van der Waals surface area contributed by atoms with Gasteiger partial charge in [-0.05, 0) is 52.7 Å². The summed E-state index contributed by atoms with van der Waals surface area (Å²) >= 11 is 0. The Labute approximate surface area is 178 Å². The van der Waals surface area contributed by atoms with E-state index in [2.05, 4.69) is 10.1 Å². The predicted octanol–water partition coefficient (Wildman–Crippen LogP) is 3.85. The zero-order valence-electron chi connectivity index (χ0n) is 18.6. The Morgan fingerprint density at radius 1 is 1.20 bits per heavy atom. The highest BCUT2D eigenvalue weighted by Gasteiger charge is 2.29. The van der Waals surface area contributed by atoms with Crippen molar-refractivity contribution in [3.8, 4) is 17.1 Å². The van der Waals surface area contributed by atoms with Crippen LogP contribution < -0.4 is 4.74 Å². The summed E-state index contributed by atoms with van der Waals surface area (Å²) < 4.78 is 18.3. The van der Waals surface area contributed by atoms with Crippen LogP contribution in [0.4, 0.5) is 4.79 Å². The lowest BCUT2D eigenvalue weighted by Crippen LogP contribution is -2.42. The third-order valence-electron chi connectivity index (χ3n) is 4.85. The number of aryl methyl sites for hydroxylation is 1. The molecule has 0 aliphatic carbocycles. The lowest BCUT2D eigenvalue weighted by molar-refractivity contribution is 0.0185. The number of likely N-dealkylation sites (tertiary alicyclic amines) is 1. The van der Waals surface area contributed by atoms with E-state index in [0.29, 0.717) is 26.3 Å². The molecule has 2 heterocycles. The first-order valence-corrected chi connectivity index (χ1v) is 10.4. The Kier molecular flexibility index (Phi) is 6.97. The molecular weight excluding hydrogens is 384 g/mol. The van der Waals surface area contributed by atoms with Crippen LogP contribution in [0.2, 0.25) is 0 Å². The second-order valence-corrected chi connectivity index (χ2v) is 8.49. The molecular formula is C22H32N4O4. The van der Waals surface area contributed by atoms with E-state index in [1.54, 1.807) is 12.0 Å². The number of rotatable bonds is 6. The predicted molar refractivity (Wildman–Crippen MR) is 114 cm³/mol. The first-order chi connectivity index (χ1) is 14.3. The van der Waals surface area contributed by atoms with Crippen molar-refractivity contribution in [2.75, 3.05) is 33.4 Å². The van der Waals surface area contributed by atoms with Gasteiger partial charge in [0, 0.05) is 25.8 Å². The maximum Gasteiger partial charge on any atom is 0.410 e. The van der Waals surface area contributed by atoms with E-state index in [4.69, 9.17) is 14.2 Å². The summed E-state index contributed by atoms with van der Waals surface area (Å²) in [7, 11) is 1.65. The van der Waals surface area contributed by atoms with Gasteiger partial charge in [0.25, 0.3) is 0 Å². The van der Waals surface area contributed by atoms with E-state index >= 15 is 0 Å². The van der Waals surface area contributed by atoms with Crippen molar-refractivity contribution in [2.45, 2.75) is 52.2 Å². The Balaban J connectivity index is 1.71. The summed E-state index contributed by atoms with van der Waals surface area (Å²) in [5.41, 5.74) is 0.473. The van der Waals surface area contributed by atoms with Crippen LogP contribution >= 0.6 is 0 Å². The minimum absolute atomic E-state index is 0.179. The number of amides is 1. The molecule has 1 aromatic heterocycles. The first kappa shape index (κ1) is 22.1. The van der Waals surface area contributed by atoms with E-state index in [-0.39, 0.29) is 12.1 Å².